The van der Waals surface area contributed by atoms with Gasteiger partial charge in [-0.2, -0.15) is 0 Å². The van der Waals surface area contributed by atoms with Gasteiger partial charge < -0.3 is 0 Å². The summed E-state index contributed by atoms with van der Waals surface area (Å²) in [5.41, 5.74) is 0. The highest BCUT2D eigenvalue weighted by molar-refractivity contribution is 5.66. The third-order valence-electron chi connectivity index (χ3n) is 0.668. The van der Waals surface area contributed by atoms with Crippen molar-refractivity contribution in [2.24, 2.45) is 0 Å². The van der Waals surface area contributed by atoms with E-state index in [1.54, 1.807) is 6.92 Å². The van der Waals surface area contributed by atoms with Crippen molar-refractivity contribution in [1.29, 1.82) is 0 Å². The minimum absolute atomic E-state index is 0.0486. The first-order valence-electron chi connectivity index (χ1n) is 2.35. The van der Waals surface area contributed by atoms with Gasteiger partial charge in [0.1, 0.15) is 4.92 Å². The van der Waals surface area contributed by atoms with Crippen LogP contribution in [0, 0.1) is 10.1 Å². The summed E-state index contributed by atoms with van der Waals surface area (Å²) in [7, 11) is 0. The number of hydrogen-bond acceptors (Lipinski definition) is 3. The summed E-state index contributed by atoms with van der Waals surface area (Å²) in [6.45, 7) is 1.72. The quantitative estimate of drug-likeness (QED) is 0.392. The molecule has 0 spiro atoms. The molecule has 0 aromatic carbocycles. The van der Waals surface area contributed by atoms with Gasteiger partial charge in [-0.05, 0) is 6.42 Å². The maximum atomic E-state index is 10.0. The summed E-state index contributed by atoms with van der Waals surface area (Å²) >= 11 is 0. The normalized spacial score (nSPS) is 8.62. The fraction of sp³-hybridized carbons (Fsp3) is 0.750. The van der Waals surface area contributed by atoms with E-state index in [4.69, 9.17) is 0 Å². The Labute approximate surface area is 46.6 Å². The van der Waals surface area contributed by atoms with Crippen LogP contribution in [0.1, 0.15) is 19.8 Å². The SMILES string of the molecule is CCCC(=O)[N+](=O)[O-]. The van der Waals surface area contributed by atoms with Gasteiger partial charge in [0, 0.05) is 0 Å². The Morgan fingerprint density at radius 3 is 2.38 bits per heavy atom. The fourth-order valence-corrected chi connectivity index (χ4v) is 0.305. The van der Waals surface area contributed by atoms with E-state index in [1.165, 1.54) is 0 Å². The monoisotopic (exact) mass is 117 g/mol. The number of carbonyl (C=O) groups is 1. The number of nitro groups is 1. The molecule has 0 fully saturated rings. The molecule has 0 aliphatic rings. The lowest BCUT2D eigenvalue weighted by atomic mass is 10.3. The zero-order valence-corrected chi connectivity index (χ0v) is 4.59. The Kier molecular flexibility index (Phi) is 2.76. The van der Waals surface area contributed by atoms with Crippen molar-refractivity contribution >= 4 is 5.91 Å². The predicted molar refractivity (Wildman–Crippen MR) is 26.9 cm³/mol. The average Bonchev–Trinajstić information content (AvgIpc) is 1.67. The molecule has 0 atom stereocenters. The summed E-state index contributed by atoms with van der Waals surface area (Å²) < 4.78 is 0. The minimum Gasteiger partial charge on any atom is -0.256 e. The molecule has 0 aliphatic heterocycles. The summed E-state index contributed by atoms with van der Waals surface area (Å²) in [5, 5.41) is 9.55. The van der Waals surface area contributed by atoms with E-state index < -0.39 is 10.8 Å². The van der Waals surface area contributed by atoms with E-state index in [-0.39, 0.29) is 6.42 Å². The van der Waals surface area contributed by atoms with Crippen LogP contribution in [0.3, 0.4) is 0 Å². The van der Waals surface area contributed by atoms with Crippen LogP contribution in [-0.4, -0.2) is 10.8 Å². The molecule has 4 heteroatoms. The summed E-state index contributed by atoms with van der Waals surface area (Å²) in [5.74, 6) is -0.896. The van der Waals surface area contributed by atoms with E-state index in [2.05, 4.69) is 0 Å². The second-order valence-electron chi connectivity index (χ2n) is 1.40. The lowest BCUT2D eigenvalue weighted by molar-refractivity contribution is -0.402. The lowest BCUT2D eigenvalue weighted by Crippen LogP contribution is -2.09. The van der Waals surface area contributed by atoms with Crippen molar-refractivity contribution in [2.45, 2.75) is 19.8 Å². The number of rotatable bonds is 2. The number of hydrogen-bond donors (Lipinski definition) is 0. The first-order valence-corrected chi connectivity index (χ1v) is 2.35. The van der Waals surface area contributed by atoms with E-state index in [9.17, 15) is 14.9 Å². The molecule has 0 radical (unpaired) electrons. The highest BCUT2D eigenvalue weighted by atomic mass is 16.6. The molecule has 0 aromatic heterocycles. The molecule has 0 saturated carbocycles. The first kappa shape index (κ1) is 7.07. The van der Waals surface area contributed by atoms with E-state index in [0.29, 0.717) is 6.42 Å². The van der Waals surface area contributed by atoms with Gasteiger partial charge in [-0.1, -0.05) is 6.92 Å². The Bertz CT molecular complexity index is 110. The molecule has 0 unspecified atom stereocenters. The third kappa shape index (κ3) is 2.28. The molecule has 46 valence electrons. The summed E-state index contributed by atoms with van der Waals surface area (Å²) in [6, 6.07) is 0. The predicted octanol–water partition coefficient (Wildman–Crippen LogP) is 0.590. The fourth-order valence-electron chi connectivity index (χ4n) is 0.305. The second kappa shape index (κ2) is 3.12. The smallest absolute Gasteiger partial charge is 0.256 e. The van der Waals surface area contributed by atoms with Gasteiger partial charge in [0.05, 0.1) is 6.42 Å². The van der Waals surface area contributed by atoms with Crippen molar-refractivity contribution < 1.29 is 9.72 Å². The average molecular weight is 117 g/mol. The summed E-state index contributed by atoms with van der Waals surface area (Å²) in [6.07, 6.45) is 0.590. The van der Waals surface area contributed by atoms with Crippen molar-refractivity contribution in [3.05, 3.63) is 10.1 Å². The van der Waals surface area contributed by atoms with Gasteiger partial charge >= 0.3 is 5.91 Å². The molecule has 8 heavy (non-hydrogen) atoms. The number of nitrogens with zero attached hydrogens (tertiary/aromatic N) is 1. The zero-order valence-electron chi connectivity index (χ0n) is 4.59. The van der Waals surface area contributed by atoms with E-state index in [1.807, 2.05) is 0 Å². The van der Waals surface area contributed by atoms with Crippen molar-refractivity contribution in [3.8, 4) is 0 Å². The van der Waals surface area contributed by atoms with Crippen LogP contribution in [0.15, 0.2) is 0 Å². The van der Waals surface area contributed by atoms with Crippen LogP contribution >= 0.6 is 0 Å². The highest BCUT2D eigenvalue weighted by Gasteiger charge is 2.10. The molecule has 0 heterocycles. The Hall–Kier alpha value is -0.930. The van der Waals surface area contributed by atoms with Crippen molar-refractivity contribution in [2.75, 3.05) is 0 Å². The maximum absolute atomic E-state index is 10.0. The zero-order chi connectivity index (χ0) is 6.57. The van der Waals surface area contributed by atoms with Crippen LogP contribution in [0.4, 0.5) is 0 Å². The Morgan fingerprint density at radius 1 is 1.75 bits per heavy atom. The van der Waals surface area contributed by atoms with Gasteiger partial charge in [0.2, 0.25) is 0 Å². The maximum Gasteiger partial charge on any atom is 0.444 e. The molecule has 4 nitrogen and oxygen atoms in total. The standard InChI is InChI=1S/C4H7NO3/c1-2-3-4(6)5(7)8/h2-3H2,1H3. The van der Waals surface area contributed by atoms with Gasteiger partial charge in [-0.15, -0.1) is 0 Å². The molecule has 1 amide bonds. The Morgan fingerprint density at radius 2 is 2.25 bits per heavy atom. The number of carbonyl (C=O) groups excluding carboxylic acids is 1. The second-order valence-corrected chi connectivity index (χ2v) is 1.40. The molecule has 0 rings (SSSR count). The van der Waals surface area contributed by atoms with Gasteiger partial charge in [-0.3, -0.25) is 10.1 Å². The van der Waals surface area contributed by atoms with Crippen molar-refractivity contribution in [3.63, 3.8) is 0 Å². The van der Waals surface area contributed by atoms with Crippen molar-refractivity contribution in [1.82, 2.24) is 0 Å². The van der Waals surface area contributed by atoms with Gasteiger partial charge in [0.15, 0.2) is 0 Å². The third-order valence-corrected chi connectivity index (χ3v) is 0.668. The van der Waals surface area contributed by atoms with Crippen LogP contribution < -0.4 is 0 Å². The first-order chi connectivity index (χ1) is 3.68. The van der Waals surface area contributed by atoms with Crippen LogP contribution in [0.25, 0.3) is 0 Å². The van der Waals surface area contributed by atoms with Crippen LogP contribution in [0.2, 0.25) is 0 Å². The van der Waals surface area contributed by atoms with E-state index >= 15 is 0 Å². The highest BCUT2D eigenvalue weighted by Crippen LogP contribution is 1.87. The summed E-state index contributed by atoms with van der Waals surface area (Å²) in [4.78, 5) is 18.7. The van der Waals surface area contributed by atoms with Crippen LogP contribution in [0.5, 0.6) is 0 Å². The molecule has 0 aliphatic carbocycles. The molecular formula is C4H7NO3. The molecular weight excluding hydrogens is 110 g/mol. The molecule has 0 bridgehead atoms. The molecule has 0 aromatic rings. The van der Waals surface area contributed by atoms with Gasteiger partial charge in [0.25, 0.3) is 0 Å². The molecule has 0 N–H and O–H groups in total. The minimum atomic E-state index is -0.896. The van der Waals surface area contributed by atoms with E-state index in [0.717, 1.165) is 0 Å². The number of amides is 1. The Balaban J connectivity index is 3.49. The van der Waals surface area contributed by atoms with Crippen LogP contribution in [-0.2, 0) is 4.79 Å². The lowest BCUT2D eigenvalue weighted by Gasteiger charge is -1.82. The largest absolute Gasteiger partial charge is 0.444 e. The molecule has 0 saturated heterocycles. The topological polar surface area (TPSA) is 60.2 Å². The van der Waals surface area contributed by atoms with Gasteiger partial charge in [-0.25, -0.2) is 4.79 Å².